The smallest absolute Gasteiger partial charge is 0.0109 e. The van der Waals surface area contributed by atoms with Gasteiger partial charge in [0.1, 0.15) is 0 Å². The molecule has 0 amide bonds. The Bertz CT molecular complexity index is 326. The molecule has 1 heteroatoms. The minimum absolute atomic E-state index is 0.626. The van der Waals surface area contributed by atoms with E-state index in [1.807, 2.05) is 11.8 Å². The van der Waals surface area contributed by atoms with Crippen LogP contribution in [-0.2, 0) is 0 Å². The van der Waals surface area contributed by atoms with E-state index in [9.17, 15) is 0 Å². The van der Waals surface area contributed by atoms with E-state index in [2.05, 4.69) is 52.8 Å². The van der Waals surface area contributed by atoms with E-state index >= 15 is 0 Å². The molecule has 0 aliphatic heterocycles. The van der Waals surface area contributed by atoms with Gasteiger partial charge in [-0.3, -0.25) is 0 Å². The first-order valence-electron chi connectivity index (χ1n) is 6.32. The Morgan fingerprint density at radius 2 is 1.75 bits per heavy atom. The average Bonchev–Trinajstić information content (AvgIpc) is 2.25. The van der Waals surface area contributed by atoms with Gasteiger partial charge in [-0.15, -0.1) is 11.8 Å². The first-order chi connectivity index (χ1) is 7.56. The van der Waals surface area contributed by atoms with Crippen molar-refractivity contribution in [2.45, 2.75) is 57.8 Å². The maximum Gasteiger partial charge on any atom is 0.0109 e. The third-order valence-corrected chi connectivity index (χ3v) is 4.06. The molecular weight excluding hydrogens is 212 g/mol. The summed E-state index contributed by atoms with van der Waals surface area (Å²) in [6.45, 7) is 11.3. The fraction of sp³-hybridized carbons (Fsp3) is 0.600. The quantitative estimate of drug-likeness (QED) is 0.614. The topological polar surface area (TPSA) is 0 Å². The summed E-state index contributed by atoms with van der Waals surface area (Å²) in [4.78, 5) is 1.49. The fourth-order valence-electron chi connectivity index (χ4n) is 1.72. The number of rotatable bonds is 5. The molecule has 1 aromatic rings. The summed E-state index contributed by atoms with van der Waals surface area (Å²) < 4.78 is 0. The van der Waals surface area contributed by atoms with Gasteiger partial charge in [0.25, 0.3) is 0 Å². The van der Waals surface area contributed by atoms with Crippen LogP contribution in [0.4, 0.5) is 0 Å². The van der Waals surface area contributed by atoms with Crippen molar-refractivity contribution in [3.63, 3.8) is 0 Å². The molecule has 16 heavy (non-hydrogen) atoms. The lowest BCUT2D eigenvalue weighted by Crippen LogP contribution is -1.95. The van der Waals surface area contributed by atoms with Crippen LogP contribution in [0.1, 0.15) is 64.0 Å². The molecule has 0 N–H and O–H groups in total. The Kier molecular flexibility index (Phi) is 5.40. The average molecular weight is 236 g/mol. The molecule has 0 bridgehead atoms. The zero-order valence-corrected chi connectivity index (χ0v) is 12.0. The molecule has 0 aliphatic rings. The van der Waals surface area contributed by atoms with E-state index in [1.54, 1.807) is 0 Å². The summed E-state index contributed by atoms with van der Waals surface area (Å²) in [5.41, 5.74) is 2.96. The highest BCUT2D eigenvalue weighted by Crippen LogP contribution is 2.31. The van der Waals surface area contributed by atoms with Crippen LogP contribution >= 0.6 is 11.8 Å². The monoisotopic (exact) mass is 236 g/mol. The van der Waals surface area contributed by atoms with Crippen molar-refractivity contribution in [1.82, 2.24) is 0 Å². The van der Waals surface area contributed by atoms with Gasteiger partial charge in [0.2, 0.25) is 0 Å². The molecule has 0 aromatic heterocycles. The van der Waals surface area contributed by atoms with Crippen LogP contribution in [0.2, 0.25) is 0 Å². The van der Waals surface area contributed by atoms with Crippen LogP contribution < -0.4 is 0 Å². The lowest BCUT2D eigenvalue weighted by Gasteiger charge is -2.15. The normalized spacial score (nSPS) is 11.4. The Morgan fingerprint density at radius 1 is 1.06 bits per heavy atom. The van der Waals surface area contributed by atoms with Crippen LogP contribution in [0, 0.1) is 0 Å². The van der Waals surface area contributed by atoms with E-state index in [4.69, 9.17) is 0 Å². The predicted molar refractivity (Wildman–Crippen MR) is 75.6 cm³/mol. The summed E-state index contributed by atoms with van der Waals surface area (Å²) in [6, 6.07) is 6.99. The molecule has 0 heterocycles. The molecular formula is C15H24S. The van der Waals surface area contributed by atoms with Gasteiger partial charge < -0.3 is 0 Å². The summed E-state index contributed by atoms with van der Waals surface area (Å²) in [7, 11) is 0. The highest BCUT2D eigenvalue weighted by Gasteiger charge is 2.09. The Balaban J connectivity index is 3.01. The zero-order valence-electron chi connectivity index (χ0n) is 11.2. The van der Waals surface area contributed by atoms with Crippen molar-refractivity contribution in [3.8, 4) is 0 Å². The number of hydrogen-bond acceptors (Lipinski definition) is 1. The maximum atomic E-state index is 2.39. The standard InChI is InChI=1S/C15H24S/c1-6-9-16-15-10-13(11(2)3)7-8-14(15)12(4)5/h7-8,10-12H,6,9H2,1-5H3. The van der Waals surface area contributed by atoms with E-state index in [0.717, 1.165) is 0 Å². The molecule has 0 fully saturated rings. The molecule has 0 spiro atoms. The third kappa shape index (κ3) is 3.55. The molecule has 0 saturated carbocycles. The highest BCUT2D eigenvalue weighted by atomic mass is 32.2. The van der Waals surface area contributed by atoms with Gasteiger partial charge in [-0.05, 0) is 41.2 Å². The molecule has 1 aromatic carbocycles. The fourth-order valence-corrected chi connectivity index (χ4v) is 2.84. The van der Waals surface area contributed by atoms with Gasteiger partial charge in [0.15, 0.2) is 0 Å². The molecule has 1 rings (SSSR count). The van der Waals surface area contributed by atoms with Crippen molar-refractivity contribution >= 4 is 11.8 Å². The van der Waals surface area contributed by atoms with Crippen molar-refractivity contribution in [2.24, 2.45) is 0 Å². The Labute approximate surface area is 105 Å². The SMILES string of the molecule is CCCSc1cc(C(C)C)ccc1C(C)C. The van der Waals surface area contributed by atoms with Crippen LogP contribution in [-0.4, -0.2) is 5.75 Å². The van der Waals surface area contributed by atoms with Crippen molar-refractivity contribution < 1.29 is 0 Å². The highest BCUT2D eigenvalue weighted by molar-refractivity contribution is 7.99. The first kappa shape index (κ1) is 13.6. The largest absolute Gasteiger partial charge is 0.126 e. The molecule has 90 valence electrons. The predicted octanol–water partition coefficient (Wildman–Crippen LogP) is 5.44. The van der Waals surface area contributed by atoms with Crippen LogP contribution in [0.3, 0.4) is 0 Å². The van der Waals surface area contributed by atoms with E-state index in [0.29, 0.717) is 11.8 Å². The molecule has 0 unspecified atom stereocenters. The maximum absolute atomic E-state index is 2.39. The molecule has 0 aliphatic carbocycles. The number of benzene rings is 1. The minimum Gasteiger partial charge on any atom is -0.126 e. The van der Waals surface area contributed by atoms with Crippen LogP contribution in [0.5, 0.6) is 0 Å². The van der Waals surface area contributed by atoms with Crippen LogP contribution in [0.15, 0.2) is 23.1 Å². The second-order valence-electron chi connectivity index (χ2n) is 4.96. The summed E-state index contributed by atoms with van der Waals surface area (Å²) in [6.07, 6.45) is 1.24. The molecule has 0 saturated heterocycles. The molecule has 0 atom stereocenters. The summed E-state index contributed by atoms with van der Waals surface area (Å²) in [5, 5.41) is 0. The van der Waals surface area contributed by atoms with Gasteiger partial charge in [-0.25, -0.2) is 0 Å². The van der Waals surface area contributed by atoms with Crippen molar-refractivity contribution in [1.29, 1.82) is 0 Å². The van der Waals surface area contributed by atoms with Crippen molar-refractivity contribution in [2.75, 3.05) is 5.75 Å². The number of hydrogen-bond donors (Lipinski definition) is 0. The van der Waals surface area contributed by atoms with Gasteiger partial charge in [-0.2, -0.15) is 0 Å². The van der Waals surface area contributed by atoms with E-state index < -0.39 is 0 Å². The van der Waals surface area contributed by atoms with Gasteiger partial charge in [0.05, 0.1) is 0 Å². The Hall–Kier alpha value is -0.430. The van der Waals surface area contributed by atoms with Gasteiger partial charge in [-0.1, -0.05) is 46.8 Å². The number of thioether (sulfide) groups is 1. The lowest BCUT2D eigenvalue weighted by molar-refractivity contribution is 0.821. The second kappa shape index (κ2) is 6.34. The summed E-state index contributed by atoms with van der Waals surface area (Å²) >= 11 is 2.01. The van der Waals surface area contributed by atoms with E-state index in [-0.39, 0.29) is 0 Å². The lowest BCUT2D eigenvalue weighted by atomic mass is 9.97. The molecule has 0 nitrogen and oxygen atoms in total. The minimum atomic E-state index is 0.626. The van der Waals surface area contributed by atoms with Crippen LogP contribution in [0.25, 0.3) is 0 Å². The summed E-state index contributed by atoms with van der Waals surface area (Å²) in [5.74, 6) is 2.48. The third-order valence-electron chi connectivity index (χ3n) is 2.79. The van der Waals surface area contributed by atoms with Gasteiger partial charge in [0, 0.05) is 4.90 Å². The van der Waals surface area contributed by atoms with Gasteiger partial charge >= 0.3 is 0 Å². The van der Waals surface area contributed by atoms with Crippen molar-refractivity contribution in [3.05, 3.63) is 29.3 Å². The van der Waals surface area contributed by atoms with E-state index in [1.165, 1.54) is 28.2 Å². The zero-order chi connectivity index (χ0) is 12.1. The second-order valence-corrected chi connectivity index (χ2v) is 6.09. The Morgan fingerprint density at radius 3 is 2.25 bits per heavy atom. The molecule has 0 radical (unpaired) electrons. The first-order valence-corrected chi connectivity index (χ1v) is 7.31.